The fourth-order valence-electron chi connectivity index (χ4n) is 2.88. The standard InChI is InChI=1S/C21H23N3O2/c1-15(2)19(16-10-6-4-7-11-16)22-21(25)20-18(26-3)14-24(23-20)17-12-8-5-9-13-17/h4-15,19H,1-3H3,(H,22,25). The molecule has 134 valence electrons. The largest absolute Gasteiger partial charge is 0.493 e. The zero-order valence-electron chi connectivity index (χ0n) is 15.2. The van der Waals surface area contributed by atoms with Crippen LogP contribution in [-0.4, -0.2) is 22.8 Å². The van der Waals surface area contributed by atoms with Crippen molar-refractivity contribution in [3.63, 3.8) is 0 Å². The van der Waals surface area contributed by atoms with Gasteiger partial charge in [-0.3, -0.25) is 4.79 Å². The van der Waals surface area contributed by atoms with E-state index in [0.717, 1.165) is 11.3 Å². The molecule has 0 saturated carbocycles. The first-order valence-electron chi connectivity index (χ1n) is 8.65. The molecule has 1 atom stereocenters. The molecule has 0 bridgehead atoms. The highest BCUT2D eigenvalue weighted by Crippen LogP contribution is 2.24. The van der Waals surface area contributed by atoms with Gasteiger partial charge in [0.25, 0.3) is 5.91 Å². The second-order valence-corrected chi connectivity index (χ2v) is 6.43. The van der Waals surface area contributed by atoms with Crippen molar-refractivity contribution in [3.8, 4) is 11.4 Å². The van der Waals surface area contributed by atoms with E-state index in [4.69, 9.17) is 4.74 Å². The molecular formula is C21H23N3O2. The average Bonchev–Trinajstić information content (AvgIpc) is 3.11. The Balaban J connectivity index is 1.88. The quantitative estimate of drug-likeness (QED) is 0.731. The molecule has 0 spiro atoms. The van der Waals surface area contributed by atoms with Crippen molar-refractivity contribution in [2.24, 2.45) is 5.92 Å². The number of carbonyl (C=O) groups excluding carboxylic acids is 1. The number of amides is 1. The minimum absolute atomic E-state index is 0.102. The van der Waals surface area contributed by atoms with Crippen LogP contribution < -0.4 is 10.1 Å². The van der Waals surface area contributed by atoms with Crippen LogP contribution in [-0.2, 0) is 0 Å². The van der Waals surface area contributed by atoms with Crippen molar-refractivity contribution in [1.82, 2.24) is 15.1 Å². The van der Waals surface area contributed by atoms with E-state index in [0.29, 0.717) is 5.75 Å². The number of benzene rings is 2. The maximum atomic E-state index is 12.9. The van der Waals surface area contributed by atoms with Gasteiger partial charge >= 0.3 is 0 Å². The molecule has 0 aliphatic carbocycles. The summed E-state index contributed by atoms with van der Waals surface area (Å²) >= 11 is 0. The fraction of sp³-hybridized carbons (Fsp3) is 0.238. The first kappa shape index (κ1) is 17.7. The van der Waals surface area contributed by atoms with Gasteiger partial charge in [-0.1, -0.05) is 62.4 Å². The first-order chi connectivity index (χ1) is 12.6. The van der Waals surface area contributed by atoms with E-state index in [9.17, 15) is 4.79 Å². The smallest absolute Gasteiger partial charge is 0.276 e. The summed E-state index contributed by atoms with van der Waals surface area (Å²) in [5, 5.41) is 7.53. The zero-order valence-corrected chi connectivity index (χ0v) is 15.2. The summed E-state index contributed by atoms with van der Waals surface area (Å²) in [6, 6.07) is 19.5. The predicted octanol–water partition coefficient (Wildman–Crippen LogP) is 4.01. The van der Waals surface area contributed by atoms with Gasteiger partial charge in [0, 0.05) is 0 Å². The second kappa shape index (κ2) is 7.87. The van der Waals surface area contributed by atoms with E-state index in [1.807, 2.05) is 60.7 Å². The minimum atomic E-state index is -0.251. The van der Waals surface area contributed by atoms with Crippen LogP contribution in [0, 0.1) is 5.92 Å². The van der Waals surface area contributed by atoms with E-state index >= 15 is 0 Å². The molecule has 0 aliphatic rings. The molecular weight excluding hydrogens is 326 g/mol. The van der Waals surface area contributed by atoms with Gasteiger partial charge < -0.3 is 10.1 Å². The highest BCUT2D eigenvalue weighted by molar-refractivity contribution is 5.95. The van der Waals surface area contributed by atoms with Crippen molar-refractivity contribution in [1.29, 1.82) is 0 Å². The van der Waals surface area contributed by atoms with Crippen LogP contribution in [0.1, 0.15) is 35.9 Å². The molecule has 1 amide bonds. The second-order valence-electron chi connectivity index (χ2n) is 6.43. The number of aromatic nitrogens is 2. The number of hydrogen-bond acceptors (Lipinski definition) is 3. The van der Waals surface area contributed by atoms with E-state index < -0.39 is 0 Å². The number of ether oxygens (including phenoxy) is 1. The normalized spacial score (nSPS) is 12.0. The average molecular weight is 349 g/mol. The third-order valence-electron chi connectivity index (χ3n) is 4.25. The third kappa shape index (κ3) is 3.77. The Labute approximate surface area is 153 Å². The van der Waals surface area contributed by atoms with Gasteiger partial charge in [-0.15, -0.1) is 0 Å². The summed E-state index contributed by atoms with van der Waals surface area (Å²) in [4.78, 5) is 12.9. The Bertz CT molecular complexity index is 857. The van der Waals surface area contributed by atoms with E-state index in [-0.39, 0.29) is 23.6 Å². The predicted molar refractivity (Wildman–Crippen MR) is 102 cm³/mol. The molecule has 1 aromatic heterocycles. The lowest BCUT2D eigenvalue weighted by molar-refractivity contribution is 0.0917. The minimum Gasteiger partial charge on any atom is -0.493 e. The SMILES string of the molecule is COc1cn(-c2ccccc2)nc1C(=O)NC(c1ccccc1)C(C)C. The maximum Gasteiger partial charge on any atom is 0.276 e. The number of carbonyl (C=O) groups is 1. The lowest BCUT2D eigenvalue weighted by Crippen LogP contribution is -2.32. The Morgan fingerprint density at radius 1 is 1.04 bits per heavy atom. The number of methoxy groups -OCH3 is 1. The van der Waals surface area contributed by atoms with Crippen molar-refractivity contribution in [2.45, 2.75) is 19.9 Å². The van der Waals surface area contributed by atoms with Crippen LogP contribution in [0.2, 0.25) is 0 Å². The molecule has 0 fully saturated rings. The van der Waals surface area contributed by atoms with Gasteiger partial charge in [-0.05, 0) is 23.6 Å². The number of nitrogens with zero attached hydrogens (tertiary/aromatic N) is 2. The fourth-order valence-corrected chi connectivity index (χ4v) is 2.88. The Hall–Kier alpha value is -3.08. The lowest BCUT2D eigenvalue weighted by Gasteiger charge is -2.22. The van der Waals surface area contributed by atoms with Gasteiger partial charge in [0.15, 0.2) is 11.4 Å². The van der Waals surface area contributed by atoms with Crippen molar-refractivity contribution >= 4 is 5.91 Å². The van der Waals surface area contributed by atoms with E-state index in [1.165, 1.54) is 0 Å². The molecule has 0 aliphatic heterocycles. The highest BCUT2D eigenvalue weighted by Gasteiger charge is 2.24. The molecule has 3 aromatic rings. The molecule has 5 heteroatoms. The molecule has 26 heavy (non-hydrogen) atoms. The molecule has 0 radical (unpaired) electrons. The summed E-state index contributed by atoms with van der Waals surface area (Å²) in [7, 11) is 1.54. The third-order valence-corrected chi connectivity index (χ3v) is 4.25. The Morgan fingerprint density at radius 2 is 1.65 bits per heavy atom. The molecule has 3 rings (SSSR count). The van der Waals surface area contributed by atoms with Crippen LogP contribution in [0.3, 0.4) is 0 Å². The number of hydrogen-bond donors (Lipinski definition) is 1. The molecule has 1 heterocycles. The summed E-state index contributed by atoms with van der Waals surface area (Å²) in [6.07, 6.45) is 1.72. The Kier molecular flexibility index (Phi) is 5.37. The van der Waals surface area contributed by atoms with Crippen LogP contribution in [0.25, 0.3) is 5.69 Å². The van der Waals surface area contributed by atoms with Crippen molar-refractivity contribution in [3.05, 3.63) is 78.1 Å². The summed E-state index contributed by atoms with van der Waals surface area (Å²) in [6.45, 7) is 4.16. The van der Waals surface area contributed by atoms with Crippen LogP contribution in [0.5, 0.6) is 5.75 Å². The van der Waals surface area contributed by atoms with Gasteiger partial charge in [-0.25, -0.2) is 4.68 Å². The monoisotopic (exact) mass is 349 g/mol. The van der Waals surface area contributed by atoms with E-state index in [2.05, 4.69) is 24.3 Å². The van der Waals surface area contributed by atoms with Crippen molar-refractivity contribution < 1.29 is 9.53 Å². The van der Waals surface area contributed by atoms with Gasteiger partial charge in [-0.2, -0.15) is 5.10 Å². The van der Waals surface area contributed by atoms with Gasteiger partial charge in [0.2, 0.25) is 0 Å². The summed E-state index contributed by atoms with van der Waals surface area (Å²) in [5.41, 5.74) is 2.21. The van der Waals surface area contributed by atoms with Crippen LogP contribution >= 0.6 is 0 Å². The van der Waals surface area contributed by atoms with Gasteiger partial charge in [0.05, 0.1) is 25.0 Å². The molecule has 0 saturated heterocycles. The summed E-state index contributed by atoms with van der Waals surface area (Å²) < 4.78 is 7.03. The molecule has 1 unspecified atom stereocenters. The number of para-hydroxylation sites is 1. The summed E-state index contributed by atoms with van der Waals surface area (Å²) in [5.74, 6) is 0.435. The lowest BCUT2D eigenvalue weighted by atomic mass is 9.96. The Morgan fingerprint density at radius 3 is 2.23 bits per heavy atom. The van der Waals surface area contributed by atoms with Crippen molar-refractivity contribution in [2.75, 3.05) is 7.11 Å². The molecule has 2 aromatic carbocycles. The first-order valence-corrected chi connectivity index (χ1v) is 8.65. The van der Waals surface area contributed by atoms with Gasteiger partial charge in [0.1, 0.15) is 0 Å². The zero-order chi connectivity index (χ0) is 18.5. The number of rotatable bonds is 6. The highest BCUT2D eigenvalue weighted by atomic mass is 16.5. The van der Waals surface area contributed by atoms with Crippen LogP contribution in [0.4, 0.5) is 0 Å². The number of nitrogens with one attached hydrogen (secondary N) is 1. The molecule has 5 nitrogen and oxygen atoms in total. The molecule has 1 N–H and O–H groups in total. The van der Waals surface area contributed by atoms with Crippen LogP contribution in [0.15, 0.2) is 66.9 Å². The topological polar surface area (TPSA) is 56.2 Å². The maximum absolute atomic E-state index is 12.9. The van der Waals surface area contributed by atoms with E-state index in [1.54, 1.807) is 18.0 Å².